The fourth-order valence-corrected chi connectivity index (χ4v) is 4.86. The number of benzene rings is 2. The van der Waals surface area contributed by atoms with E-state index in [1.54, 1.807) is 0 Å². The second-order valence-corrected chi connectivity index (χ2v) is 10.4. The van der Waals surface area contributed by atoms with Crippen molar-refractivity contribution in [1.82, 2.24) is 9.80 Å². The van der Waals surface area contributed by atoms with Crippen molar-refractivity contribution in [3.8, 4) is 0 Å². The van der Waals surface area contributed by atoms with E-state index in [1.807, 2.05) is 42.5 Å². The molecular weight excluding hydrogens is 456 g/mol. The molecule has 0 aliphatic carbocycles. The lowest BCUT2D eigenvalue weighted by atomic mass is 9.87. The predicted molar refractivity (Wildman–Crippen MR) is 124 cm³/mol. The largest absolute Gasteiger partial charge is 0.447 e. The molecule has 2 aromatic rings. The van der Waals surface area contributed by atoms with Crippen molar-refractivity contribution in [3.63, 3.8) is 0 Å². The summed E-state index contributed by atoms with van der Waals surface area (Å²) in [5, 5.41) is 0. The first-order valence-corrected chi connectivity index (χ1v) is 11.6. The molecule has 0 saturated carbocycles. The van der Waals surface area contributed by atoms with Gasteiger partial charge in [0.2, 0.25) is 5.91 Å². The highest BCUT2D eigenvalue weighted by molar-refractivity contribution is 9.10. The number of halogens is 1. The Hall–Kier alpha value is -2.18. The molecule has 0 radical (unpaired) electrons. The zero-order valence-corrected chi connectivity index (χ0v) is 19.8. The topological polar surface area (TPSA) is 49.9 Å². The molecule has 3 atom stereocenters. The molecule has 5 nitrogen and oxygen atoms in total. The van der Waals surface area contributed by atoms with Gasteiger partial charge in [0.15, 0.2) is 0 Å². The molecule has 6 heteroatoms. The quantitative estimate of drug-likeness (QED) is 0.621. The van der Waals surface area contributed by atoms with Gasteiger partial charge in [0.25, 0.3) is 0 Å². The summed E-state index contributed by atoms with van der Waals surface area (Å²) in [6, 6.07) is 17.9. The first-order chi connectivity index (χ1) is 14.7. The maximum Gasteiger partial charge on any atom is 0.416 e. The second-order valence-electron chi connectivity index (χ2n) is 9.47. The van der Waals surface area contributed by atoms with E-state index in [1.165, 1.54) is 4.90 Å². The molecule has 31 heavy (non-hydrogen) atoms. The van der Waals surface area contributed by atoms with Gasteiger partial charge < -0.3 is 4.74 Å². The third-order valence-electron chi connectivity index (χ3n) is 6.40. The molecule has 0 unspecified atom stereocenters. The summed E-state index contributed by atoms with van der Waals surface area (Å²) in [7, 11) is 0. The second kappa shape index (κ2) is 8.75. The van der Waals surface area contributed by atoms with Crippen LogP contribution in [-0.4, -0.2) is 53.1 Å². The Morgan fingerprint density at radius 3 is 2.39 bits per heavy atom. The van der Waals surface area contributed by atoms with Crippen molar-refractivity contribution in [1.29, 1.82) is 0 Å². The average molecular weight is 485 g/mol. The van der Waals surface area contributed by atoms with Crippen LogP contribution < -0.4 is 0 Å². The summed E-state index contributed by atoms with van der Waals surface area (Å²) in [6.45, 7) is 8.17. The molecule has 164 valence electrons. The number of carbonyl (C=O) groups excluding carboxylic acids is 2. The third-order valence-corrected chi connectivity index (χ3v) is 6.93. The van der Waals surface area contributed by atoms with Crippen LogP contribution in [0, 0.1) is 5.92 Å². The minimum Gasteiger partial charge on any atom is -0.447 e. The molecule has 0 aromatic heterocycles. The van der Waals surface area contributed by atoms with Crippen LogP contribution in [0.15, 0.2) is 59.1 Å². The summed E-state index contributed by atoms with van der Waals surface area (Å²) in [5.74, 6) is -0.377. The number of likely N-dealkylation sites (tertiary alicyclic amines) is 1. The molecule has 2 fully saturated rings. The number of amides is 2. The molecule has 2 aromatic carbocycles. The van der Waals surface area contributed by atoms with E-state index in [-0.39, 0.29) is 35.9 Å². The number of hydrogen-bond acceptors (Lipinski definition) is 4. The van der Waals surface area contributed by atoms with E-state index in [0.29, 0.717) is 13.0 Å². The number of ether oxygens (including phenoxy) is 1. The van der Waals surface area contributed by atoms with Gasteiger partial charge in [0.05, 0.1) is 12.0 Å². The number of imide groups is 1. The monoisotopic (exact) mass is 484 g/mol. The fourth-order valence-electron chi connectivity index (χ4n) is 4.60. The van der Waals surface area contributed by atoms with E-state index in [9.17, 15) is 9.59 Å². The van der Waals surface area contributed by atoms with E-state index in [0.717, 1.165) is 22.1 Å². The van der Waals surface area contributed by atoms with Crippen molar-refractivity contribution in [2.24, 2.45) is 5.92 Å². The highest BCUT2D eigenvalue weighted by atomic mass is 79.9. The lowest BCUT2D eigenvalue weighted by Crippen LogP contribution is -2.46. The van der Waals surface area contributed by atoms with Crippen LogP contribution in [0.3, 0.4) is 0 Å². The summed E-state index contributed by atoms with van der Waals surface area (Å²) < 4.78 is 6.34. The average Bonchev–Trinajstić information content (AvgIpc) is 3.33. The minimum atomic E-state index is -0.519. The van der Waals surface area contributed by atoms with Crippen LogP contribution in [0.1, 0.15) is 37.8 Å². The Labute approximate surface area is 192 Å². The predicted octanol–water partition coefficient (Wildman–Crippen LogP) is 4.85. The summed E-state index contributed by atoms with van der Waals surface area (Å²) >= 11 is 3.50. The Balaban J connectivity index is 1.61. The van der Waals surface area contributed by atoms with Crippen LogP contribution in [-0.2, 0) is 16.0 Å². The van der Waals surface area contributed by atoms with Crippen molar-refractivity contribution in [2.75, 3.05) is 19.7 Å². The Morgan fingerprint density at radius 1 is 1.06 bits per heavy atom. The highest BCUT2D eigenvalue weighted by Crippen LogP contribution is 2.38. The Kier molecular flexibility index (Phi) is 6.22. The number of hydrogen-bond donors (Lipinski definition) is 0. The number of carbonyl (C=O) groups is 2. The summed E-state index contributed by atoms with van der Waals surface area (Å²) in [4.78, 5) is 30.1. The number of rotatable bonds is 4. The van der Waals surface area contributed by atoms with Crippen molar-refractivity contribution in [2.45, 2.75) is 44.7 Å². The lowest BCUT2D eigenvalue weighted by molar-refractivity contribution is -0.133. The van der Waals surface area contributed by atoms with Crippen molar-refractivity contribution >= 4 is 27.9 Å². The van der Waals surface area contributed by atoms with E-state index >= 15 is 0 Å². The zero-order chi connectivity index (χ0) is 22.2. The standard InChI is InChI=1S/C25H29BrN2O3/c1-25(2,3)27-14-21(18-9-11-19(26)12-10-18)22(15-27)23(29)28-20(16-31-24(28)30)13-17-7-5-4-6-8-17/h4-12,20-22H,13-16H2,1-3H3/t20-,21-,22+/m0/s1. The van der Waals surface area contributed by atoms with Gasteiger partial charge in [-0.05, 0) is 50.5 Å². The van der Waals surface area contributed by atoms with Gasteiger partial charge in [-0.2, -0.15) is 0 Å². The smallest absolute Gasteiger partial charge is 0.416 e. The third kappa shape index (κ3) is 4.70. The van der Waals surface area contributed by atoms with Gasteiger partial charge in [-0.15, -0.1) is 0 Å². The van der Waals surface area contributed by atoms with Crippen LogP contribution in [0.4, 0.5) is 4.79 Å². The van der Waals surface area contributed by atoms with E-state index < -0.39 is 6.09 Å². The maximum atomic E-state index is 13.8. The molecule has 2 saturated heterocycles. The van der Waals surface area contributed by atoms with Gasteiger partial charge in [-0.1, -0.05) is 58.4 Å². The van der Waals surface area contributed by atoms with E-state index in [2.05, 4.69) is 53.7 Å². The SMILES string of the molecule is CC(C)(C)N1C[C@@H](C(=O)N2C(=O)OC[C@@H]2Cc2ccccc2)[C@H](c2ccc(Br)cc2)C1. The summed E-state index contributed by atoms with van der Waals surface area (Å²) in [6.07, 6.45) is 0.0893. The van der Waals surface area contributed by atoms with Crippen LogP contribution in [0.2, 0.25) is 0 Å². The Bertz CT molecular complexity index is 939. The first-order valence-electron chi connectivity index (χ1n) is 10.8. The van der Waals surface area contributed by atoms with Gasteiger partial charge in [0.1, 0.15) is 6.61 Å². The van der Waals surface area contributed by atoms with Crippen LogP contribution >= 0.6 is 15.9 Å². The molecule has 2 aliphatic rings. The molecule has 0 N–H and O–H groups in total. The van der Waals surface area contributed by atoms with Crippen molar-refractivity contribution < 1.29 is 14.3 Å². The molecule has 2 amide bonds. The normalized spacial score (nSPS) is 24.5. The summed E-state index contributed by atoms with van der Waals surface area (Å²) in [5.41, 5.74) is 2.16. The first kappa shape index (κ1) is 22.0. The number of nitrogens with zero attached hydrogens (tertiary/aromatic N) is 2. The zero-order valence-electron chi connectivity index (χ0n) is 18.3. The maximum absolute atomic E-state index is 13.8. The highest BCUT2D eigenvalue weighted by Gasteiger charge is 2.48. The molecule has 2 heterocycles. The molecule has 0 bridgehead atoms. The number of cyclic esters (lactones) is 1. The Morgan fingerprint density at radius 2 is 1.74 bits per heavy atom. The van der Waals surface area contributed by atoms with Gasteiger partial charge in [-0.25, -0.2) is 9.69 Å². The lowest BCUT2D eigenvalue weighted by Gasteiger charge is -2.32. The van der Waals surface area contributed by atoms with Crippen LogP contribution in [0.5, 0.6) is 0 Å². The minimum absolute atomic E-state index is 0.0330. The van der Waals surface area contributed by atoms with Gasteiger partial charge in [-0.3, -0.25) is 9.69 Å². The molecular formula is C25H29BrN2O3. The van der Waals surface area contributed by atoms with Gasteiger partial charge >= 0.3 is 6.09 Å². The van der Waals surface area contributed by atoms with Gasteiger partial charge in [0, 0.05) is 29.0 Å². The molecule has 0 spiro atoms. The van der Waals surface area contributed by atoms with E-state index in [4.69, 9.17) is 4.74 Å². The van der Waals surface area contributed by atoms with Crippen LogP contribution in [0.25, 0.3) is 0 Å². The van der Waals surface area contributed by atoms with Crippen molar-refractivity contribution in [3.05, 3.63) is 70.2 Å². The molecule has 2 aliphatic heterocycles. The molecule has 4 rings (SSSR count). The fraction of sp³-hybridized carbons (Fsp3) is 0.440.